The molecule has 1 aromatic carbocycles. The predicted octanol–water partition coefficient (Wildman–Crippen LogP) is 2.84. The van der Waals surface area contributed by atoms with Crippen molar-refractivity contribution in [3.8, 4) is 0 Å². The van der Waals surface area contributed by atoms with Gasteiger partial charge in [0.05, 0.1) is 12.3 Å². The van der Waals surface area contributed by atoms with Crippen LogP contribution in [0.5, 0.6) is 0 Å². The molecule has 5 heteroatoms. The summed E-state index contributed by atoms with van der Waals surface area (Å²) in [4.78, 5) is 24.9. The molecule has 5 nitrogen and oxygen atoms in total. The van der Waals surface area contributed by atoms with Gasteiger partial charge in [-0.05, 0) is 42.0 Å². The van der Waals surface area contributed by atoms with E-state index in [1.807, 2.05) is 26.0 Å². The molecule has 1 aromatic heterocycles. The summed E-state index contributed by atoms with van der Waals surface area (Å²) in [5.41, 5.74) is 2.45. The third-order valence-electron chi connectivity index (χ3n) is 4.43. The van der Waals surface area contributed by atoms with Crippen LogP contribution in [-0.2, 0) is 11.2 Å². The third-order valence-corrected chi connectivity index (χ3v) is 4.43. The molecule has 0 saturated carbocycles. The summed E-state index contributed by atoms with van der Waals surface area (Å²) < 4.78 is 5.09. The minimum atomic E-state index is -0.602. The molecule has 3 rings (SSSR count). The number of carbonyl (C=O) groups is 2. The third kappa shape index (κ3) is 3.35. The molecule has 1 aliphatic rings. The van der Waals surface area contributed by atoms with Crippen LogP contribution in [0.2, 0.25) is 0 Å². The number of fused-ring (bicyclic) bond motifs is 1. The van der Waals surface area contributed by atoms with Gasteiger partial charge in [0.15, 0.2) is 5.76 Å². The molecule has 0 fully saturated rings. The fraction of sp³-hybridized carbons (Fsp3) is 0.368. The van der Waals surface area contributed by atoms with Gasteiger partial charge in [-0.2, -0.15) is 0 Å². The van der Waals surface area contributed by atoms with Crippen LogP contribution >= 0.6 is 0 Å². The number of benzene rings is 1. The number of hydrogen-bond acceptors (Lipinski definition) is 3. The molecule has 0 radical (unpaired) electrons. The molecular weight excluding hydrogens is 304 g/mol. The lowest BCUT2D eigenvalue weighted by Crippen LogP contribution is -2.50. The topological polar surface area (TPSA) is 71.3 Å². The zero-order valence-corrected chi connectivity index (χ0v) is 13.9. The Balaban J connectivity index is 1.68. The molecule has 2 atom stereocenters. The zero-order chi connectivity index (χ0) is 17.1. The van der Waals surface area contributed by atoms with Gasteiger partial charge in [0.2, 0.25) is 5.91 Å². The summed E-state index contributed by atoms with van der Waals surface area (Å²) in [5.74, 6) is -0.354. The van der Waals surface area contributed by atoms with E-state index in [1.165, 1.54) is 17.4 Å². The number of furan rings is 1. The second kappa shape index (κ2) is 6.91. The van der Waals surface area contributed by atoms with Crippen LogP contribution in [0.3, 0.4) is 0 Å². The monoisotopic (exact) mass is 326 g/mol. The molecule has 0 saturated heterocycles. The quantitative estimate of drug-likeness (QED) is 0.887. The van der Waals surface area contributed by atoms with Gasteiger partial charge in [0.1, 0.15) is 6.04 Å². The Morgan fingerprint density at radius 2 is 1.96 bits per heavy atom. The highest BCUT2D eigenvalue weighted by Gasteiger charge is 2.30. The SMILES string of the molecule is CC(C)C(NC(=O)c1ccco1)C(=O)NC1CCc2ccccc21. The summed E-state index contributed by atoms with van der Waals surface area (Å²) in [7, 11) is 0. The van der Waals surface area contributed by atoms with Crippen LogP contribution in [0, 0.1) is 5.92 Å². The normalized spacial score (nSPS) is 17.4. The highest BCUT2D eigenvalue weighted by molar-refractivity contribution is 5.95. The lowest BCUT2D eigenvalue weighted by atomic mass is 10.0. The lowest BCUT2D eigenvalue weighted by molar-refractivity contribution is -0.124. The summed E-state index contributed by atoms with van der Waals surface area (Å²) in [6.45, 7) is 3.82. The van der Waals surface area contributed by atoms with E-state index in [2.05, 4.69) is 22.8 Å². The van der Waals surface area contributed by atoms with Gasteiger partial charge in [0.25, 0.3) is 5.91 Å². The second-order valence-corrected chi connectivity index (χ2v) is 6.47. The van der Waals surface area contributed by atoms with Gasteiger partial charge in [-0.1, -0.05) is 38.1 Å². The van der Waals surface area contributed by atoms with Crippen LogP contribution in [0.25, 0.3) is 0 Å². The smallest absolute Gasteiger partial charge is 0.287 e. The van der Waals surface area contributed by atoms with Gasteiger partial charge in [0, 0.05) is 0 Å². The minimum absolute atomic E-state index is 0.00969. The first kappa shape index (κ1) is 16.3. The fourth-order valence-corrected chi connectivity index (χ4v) is 3.12. The molecule has 1 aliphatic carbocycles. The summed E-state index contributed by atoms with van der Waals surface area (Å²) in [6.07, 6.45) is 3.29. The molecule has 126 valence electrons. The standard InChI is InChI=1S/C19H22N2O3/c1-12(2)17(21-18(22)16-8-5-11-24-16)19(23)20-15-10-9-13-6-3-4-7-14(13)15/h3-8,11-12,15,17H,9-10H2,1-2H3,(H,20,23)(H,21,22). The van der Waals surface area contributed by atoms with Crippen molar-refractivity contribution in [3.05, 3.63) is 59.5 Å². The molecule has 2 aromatic rings. The van der Waals surface area contributed by atoms with Gasteiger partial charge < -0.3 is 15.1 Å². The van der Waals surface area contributed by atoms with E-state index in [4.69, 9.17) is 4.42 Å². The molecule has 1 heterocycles. The molecule has 0 spiro atoms. The maximum Gasteiger partial charge on any atom is 0.287 e. The Kier molecular flexibility index (Phi) is 4.69. The second-order valence-electron chi connectivity index (χ2n) is 6.47. The first-order valence-electron chi connectivity index (χ1n) is 8.29. The molecule has 0 aliphatic heterocycles. The van der Waals surface area contributed by atoms with Gasteiger partial charge in [-0.3, -0.25) is 9.59 Å². The van der Waals surface area contributed by atoms with E-state index in [9.17, 15) is 9.59 Å². The first-order valence-corrected chi connectivity index (χ1v) is 8.29. The van der Waals surface area contributed by atoms with Crippen LogP contribution in [0.1, 0.15) is 48.0 Å². The predicted molar refractivity (Wildman–Crippen MR) is 90.4 cm³/mol. The largest absolute Gasteiger partial charge is 0.459 e. The van der Waals surface area contributed by atoms with E-state index in [0.29, 0.717) is 0 Å². The van der Waals surface area contributed by atoms with Crippen molar-refractivity contribution in [1.29, 1.82) is 0 Å². The molecule has 2 N–H and O–H groups in total. The van der Waals surface area contributed by atoms with Crippen LogP contribution in [-0.4, -0.2) is 17.9 Å². The summed E-state index contributed by atoms with van der Waals surface area (Å²) >= 11 is 0. The average molecular weight is 326 g/mol. The van der Waals surface area contributed by atoms with E-state index in [-0.39, 0.29) is 29.5 Å². The van der Waals surface area contributed by atoms with E-state index in [0.717, 1.165) is 12.8 Å². The van der Waals surface area contributed by atoms with Crippen molar-refractivity contribution in [3.63, 3.8) is 0 Å². The maximum absolute atomic E-state index is 12.7. The van der Waals surface area contributed by atoms with Gasteiger partial charge >= 0.3 is 0 Å². The Morgan fingerprint density at radius 1 is 1.17 bits per heavy atom. The molecule has 0 bridgehead atoms. The molecule has 2 unspecified atom stereocenters. The zero-order valence-electron chi connectivity index (χ0n) is 13.9. The van der Waals surface area contributed by atoms with Crippen molar-refractivity contribution in [1.82, 2.24) is 10.6 Å². The van der Waals surface area contributed by atoms with Crippen molar-refractivity contribution < 1.29 is 14.0 Å². The number of amides is 2. The molecular formula is C19H22N2O3. The fourth-order valence-electron chi connectivity index (χ4n) is 3.12. The van der Waals surface area contributed by atoms with Crippen LogP contribution in [0.4, 0.5) is 0 Å². The Morgan fingerprint density at radius 3 is 2.67 bits per heavy atom. The van der Waals surface area contributed by atoms with Crippen molar-refractivity contribution >= 4 is 11.8 Å². The first-order chi connectivity index (χ1) is 11.6. The van der Waals surface area contributed by atoms with Crippen molar-refractivity contribution in [2.45, 2.75) is 38.8 Å². The molecule has 2 amide bonds. The number of hydrogen-bond donors (Lipinski definition) is 2. The number of rotatable bonds is 5. The Labute approximate surface area is 141 Å². The lowest BCUT2D eigenvalue weighted by Gasteiger charge is -2.24. The maximum atomic E-state index is 12.7. The van der Waals surface area contributed by atoms with E-state index in [1.54, 1.807) is 12.1 Å². The van der Waals surface area contributed by atoms with Crippen molar-refractivity contribution in [2.24, 2.45) is 5.92 Å². The number of nitrogens with one attached hydrogen (secondary N) is 2. The molecule has 24 heavy (non-hydrogen) atoms. The number of carbonyl (C=O) groups excluding carboxylic acids is 2. The van der Waals surface area contributed by atoms with E-state index < -0.39 is 6.04 Å². The van der Waals surface area contributed by atoms with Gasteiger partial charge in [-0.15, -0.1) is 0 Å². The summed E-state index contributed by atoms with van der Waals surface area (Å²) in [6, 6.07) is 10.8. The minimum Gasteiger partial charge on any atom is -0.459 e. The number of aryl methyl sites for hydroxylation is 1. The van der Waals surface area contributed by atoms with Crippen molar-refractivity contribution in [2.75, 3.05) is 0 Å². The van der Waals surface area contributed by atoms with Crippen LogP contribution in [0.15, 0.2) is 47.1 Å². The Hall–Kier alpha value is -2.56. The van der Waals surface area contributed by atoms with Crippen LogP contribution < -0.4 is 10.6 Å². The van der Waals surface area contributed by atoms with Gasteiger partial charge in [-0.25, -0.2) is 0 Å². The Bertz CT molecular complexity index is 722. The van der Waals surface area contributed by atoms with E-state index >= 15 is 0 Å². The highest BCUT2D eigenvalue weighted by Crippen LogP contribution is 2.30. The highest BCUT2D eigenvalue weighted by atomic mass is 16.3. The summed E-state index contributed by atoms with van der Waals surface area (Å²) in [5, 5.41) is 5.85. The average Bonchev–Trinajstić information content (AvgIpc) is 3.22.